The maximum atomic E-state index is 12.5. The molecule has 0 bridgehead atoms. The number of aromatic amines is 1. The normalized spacial score (nSPS) is 11.2. The van der Waals surface area contributed by atoms with Crippen LogP contribution in [-0.4, -0.2) is 40.4 Å². The highest BCUT2D eigenvalue weighted by atomic mass is 32.1. The van der Waals surface area contributed by atoms with Crippen LogP contribution < -0.4 is 10.9 Å². The number of hydrogen-bond acceptors (Lipinski definition) is 5. The summed E-state index contributed by atoms with van der Waals surface area (Å²) in [6.07, 6.45) is 0. The second kappa shape index (κ2) is 8.25. The number of amides is 1. The smallest absolute Gasteiger partial charge is 0.259 e. The molecule has 1 amide bonds. The van der Waals surface area contributed by atoms with Crippen LogP contribution in [0, 0.1) is 0 Å². The first-order valence-electron chi connectivity index (χ1n) is 8.68. The highest BCUT2D eigenvalue weighted by Gasteiger charge is 2.14. The molecule has 0 atom stereocenters. The van der Waals surface area contributed by atoms with E-state index in [1.54, 1.807) is 0 Å². The number of hydrogen-bond donors (Lipinski definition) is 2. The minimum absolute atomic E-state index is 0.0275. The molecule has 0 aliphatic rings. The second-order valence-electron chi connectivity index (χ2n) is 5.96. The van der Waals surface area contributed by atoms with Crippen molar-refractivity contribution in [3.8, 4) is 10.4 Å². The van der Waals surface area contributed by atoms with Gasteiger partial charge in [0.2, 0.25) is 5.91 Å². The molecule has 7 heteroatoms. The van der Waals surface area contributed by atoms with E-state index in [4.69, 9.17) is 0 Å². The monoisotopic (exact) mass is 370 g/mol. The molecule has 0 saturated heterocycles. The van der Waals surface area contributed by atoms with Crippen LogP contribution in [0.25, 0.3) is 20.7 Å². The van der Waals surface area contributed by atoms with Crippen molar-refractivity contribution in [1.82, 2.24) is 20.2 Å². The lowest BCUT2D eigenvalue weighted by molar-refractivity contribution is -0.122. The Hall–Kier alpha value is -2.51. The molecule has 3 rings (SSSR count). The second-order valence-corrected chi connectivity index (χ2v) is 7.00. The van der Waals surface area contributed by atoms with Crippen molar-refractivity contribution >= 4 is 27.5 Å². The summed E-state index contributed by atoms with van der Waals surface area (Å²) >= 11 is 1.51. The number of nitrogens with zero attached hydrogens (tertiary/aromatic N) is 2. The molecule has 0 radical (unpaired) electrons. The molecule has 1 aromatic carbocycles. The van der Waals surface area contributed by atoms with Crippen molar-refractivity contribution in [2.75, 3.05) is 19.6 Å². The van der Waals surface area contributed by atoms with Crippen molar-refractivity contribution in [3.05, 3.63) is 52.6 Å². The molecule has 0 aliphatic heterocycles. The maximum absolute atomic E-state index is 12.5. The number of benzene rings is 1. The topological polar surface area (TPSA) is 78.1 Å². The molecule has 0 saturated carbocycles. The number of nitrogens with one attached hydrogen (secondary N) is 2. The molecule has 0 spiro atoms. The van der Waals surface area contributed by atoms with Gasteiger partial charge in [-0.1, -0.05) is 37.3 Å². The highest BCUT2D eigenvalue weighted by Crippen LogP contribution is 2.30. The van der Waals surface area contributed by atoms with Crippen molar-refractivity contribution in [2.24, 2.45) is 0 Å². The summed E-state index contributed by atoms with van der Waals surface area (Å²) in [5, 5.41) is 3.39. The molecule has 0 unspecified atom stereocenters. The fourth-order valence-electron chi connectivity index (χ4n) is 2.74. The Kier molecular flexibility index (Phi) is 5.80. The average molecular weight is 370 g/mol. The third-order valence-electron chi connectivity index (χ3n) is 4.07. The fourth-order valence-corrected chi connectivity index (χ4v) is 3.80. The van der Waals surface area contributed by atoms with Crippen LogP contribution in [0.3, 0.4) is 0 Å². The summed E-state index contributed by atoms with van der Waals surface area (Å²) in [5.74, 6) is 0.551. The van der Waals surface area contributed by atoms with Crippen LogP contribution in [0.15, 0.2) is 41.2 Å². The van der Waals surface area contributed by atoms with Gasteiger partial charge in [0, 0.05) is 11.4 Å². The van der Waals surface area contributed by atoms with E-state index in [0.717, 1.165) is 15.3 Å². The Morgan fingerprint density at radius 1 is 1.27 bits per heavy atom. The third kappa shape index (κ3) is 4.17. The zero-order valence-electron chi connectivity index (χ0n) is 14.9. The quantitative estimate of drug-likeness (QED) is 0.670. The van der Waals surface area contributed by atoms with Crippen molar-refractivity contribution in [3.63, 3.8) is 0 Å². The third-order valence-corrected chi connectivity index (χ3v) is 5.15. The molecule has 3 aromatic rings. The molecule has 2 heterocycles. The first-order valence-corrected chi connectivity index (χ1v) is 9.49. The summed E-state index contributed by atoms with van der Waals surface area (Å²) in [6.45, 7) is 5.88. The molecular weight excluding hydrogens is 348 g/mol. The van der Waals surface area contributed by atoms with Gasteiger partial charge in [-0.25, -0.2) is 4.98 Å². The van der Waals surface area contributed by atoms with Gasteiger partial charge in [-0.15, -0.1) is 11.3 Å². The Labute approximate surface area is 155 Å². The van der Waals surface area contributed by atoms with Gasteiger partial charge in [0.25, 0.3) is 5.56 Å². The van der Waals surface area contributed by atoms with E-state index in [0.29, 0.717) is 30.8 Å². The van der Waals surface area contributed by atoms with E-state index < -0.39 is 0 Å². The number of aromatic nitrogens is 2. The predicted molar refractivity (Wildman–Crippen MR) is 105 cm³/mol. The molecule has 26 heavy (non-hydrogen) atoms. The van der Waals surface area contributed by atoms with Crippen LogP contribution in [0.1, 0.15) is 19.7 Å². The molecule has 2 aromatic heterocycles. The Morgan fingerprint density at radius 3 is 2.73 bits per heavy atom. The SMILES string of the molecule is CCNC(=O)CN(CC)Cc1nc2sc(-c3ccccc3)cc2c(=O)[nH]1. The largest absolute Gasteiger partial charge is 0.355 e. The predicted octanol–water partition coefficient (Wildman–Crippen LogP) is 2.61. The van der Waals surface area contributed by atoms with Crippen LogP contribution >= 0.6 is 11.3 Å². The van der Waals surface area contributed by atoms with Crippen LogP contribution in [0.5, 0.6) is 0 Å². The van der Waals surface area contributed by atoms with E-state index >= 15 is 0 Å². The van der Waals surface area contributed by atoms with Gasteiger partial charge in [0.15, 0.2) is 0 Å². The maximum Gasteiger partial charge on any atom is 0.259 e. The lowest BCUT2D eigenvalue weighted by Gasteiger charge is -2.18. The summed E-state index contributed by atoms with van der Waals surface area (Å²) in [6, 6.07) is 11.8. The first kappa shape index (κ1) is 18.3. The summed E-state index contributed by atoms with van der Waals surface area (Å²) in [7, 11) is 0. The van der Waals surface area contributed by atoms with Crippen molar-refractivity contribution in [1.29, 1.82) is 0 Å². The fraction of sp³-hybridized carbons (Fsp3) is 0.316. The number of carbonyl (C=O) groups is 1. The van der Waals surface area contributed by atoms with Gasteiger partial charge in [0.1, 0.15) is 10.7 Å². The average Bonchev–Trinajstić information content (AvgIpc) is 3.07. The van der Waals surface area contributed by atoms with E-state index in [-0.39, 0.29) is 18.0 Å². The van der Waals surface area contributed by atoms with Gasteiger partial charge in [0.05, 0.1) is 18.5 Å². The zero-order valence-corrected chi connectivity index (χ0v) is 15.7. The van der Waals surface area contributed by atoms with Crippen molar-refractivity contribution in [2.45, 2.75) is 20.4 Å². The minimum atomic E-state index is -0.141. The van der Waals surface area contributed by atoms with Gasteiger partial charge >= 0.3 is 0 Å². The van der Waals surface area contributed by atoms with Crippen molar-refractivity contribution < 1.29 is 4.79 Å². The number of thiophene rings is 1. The number of H-pyrrole nitrogens is 1. The molecule has 2 N–H and O–H groups in total. The highest BCUT2D eigenvalue weighted by molar-refractivity contribution is 7.21. The Balaban J connectivity index is 1.86. The number of carbonyl (C=O) groups excluding carboxylic acids is 1. The molecule has 0 fully saturated rings. The minimum Gasteiger partial charge on any atom is -0.355 e. The first-order chi connectivity index (χ1) is 12.6. The summed E-state index contributed by atoms with van der Waals surface area (Å²) in [5.41, 5.74) is 0.931. The van der Waals surface area contributed by atoms with E-state index in [9.17, 15) is 9.59 Å². The summed E-state index contributed by atoms with van der Waals surface area (Å²) in [4.78, 5) is 35.4. The zero-order chi connectivity index (χ0) is 18.5. The Bertz CT molecular complexity index is 949. The summed E-state index contributed by atoms with van der Waals surface area (Å²) < 4.78 is 0. The lowest BCUT2D eigenvalue weighted by atomic mass is 10.2. The van der Waals surface area contributed by atoms with Gasteiger partial charge in [-0.2, -0.15) is 0 Å². The van der Waals surface area contributed by atoms with E-state index in [1.165, 1.54) is 11.3 Å². The number of likely N-dealkylation sites (N-methyl/N-ethyl adjacent to an activating group) is 2. The lowest BCUT2D eigenvalue weighted by Crippen LogP contribution is -2.37. The molecular formula is C19H22N4O2S. The van der Waals surface area contributed by atoms with Crippen LogP contribution in [0.2, 0.25) is 0 Å². The number of fused-ring (bicyclic) bond motifs is 1. The Morgan fingerprint density at radius 2 is 2.04 bits per heavy atom. The van der Waals surface area contributed by atoms with E-state index in [1.807, 2.05) is 55.1 Å². The molecule has 136 valence electrons. The van der Waals surface area contributed by atoms with Crippen LogP contribution in [0.4, 0.5) is 0 Å². The number of rotatable bonds is 7. The van der Waals surface area contributed by atoms with Gasteiger partial charge in [-0.05, 0) is 25.1 Å². The van der Waals surface area contributed by atoms with E-state index in [2.05, 4.69) is 15.3 Å². The van der Waals surface area contributed by atoms with Crippen LogP contribution in [-0.2, 0) is 11.3 Å². The molecule has 0 aliphatic carbocycles. The van der Waals surface area contributed by atoms with Gasteiger partial charge < -0.3 is 10.3 Å². The standard InChI is InChI=1S/C19H22N4O2S/c1-3-20-17(24)12-23(4-2)11-16-21-18(25)14-10-15(26-19(14)22-16)13-8-6-5-7-9-13/h5-10H,3-4,11-12H2,1-2H3,(H,20,24)(H,21,22,25). The van der Waals surface area contributed by atoms with Gasteiger partial charge in [-0.3, -0.25) is 14.5 Å². The molecule has 6 nitrogen and oxygen atoms in total.